The van der Waals surface area contributed by atoms with Gasteiger partial charge in [-0.15, -0.1) is 0 Å². The standard InChI is InChI=1S/C13H13N3O.2C10H8N2.Ru/c1-9-3-5-15-11(7-9)12-8-10(4-6-16-12)13(17)14-2;2*1-3-7-11-9(5-1)10-6-2-4-8-12-10;/h3-8H,1-2H3,(H,14,17);2*1-8H;/q;;;+2. The van der Waals surface area contributed by atoms with Gasteiger partial charge >= 0.3 is 19.5 Å². The van der Waals surface area contributed by atoms with Gasteiger partial charge in [-0.3, -0.25) is 34.7 Å². The van der Waals surface area contributed by atoms with E-state index in [9.17, 15) is 4.79 Å². The molecule has 42 heavy (non-hydrogen) atoms. The van der Waals surface area contributed by atoms with Crippen molar-refractivity contribution in [3.8, 4) is 34.2 Å². The maximum Gasteiger partial charge on any atom is 2.00 e. The van der Waals surface area contributed by atoms with Crippen LogP contribution in [0.5, 0.6) is 0 Å². The topological polar surface area (TPSA) is 106 Å². The van der Waals surface area contributed by atoms with E-state index >= 15 is 0 Å². The molecule has 0 radical (unpaired) electrons. The second kappa shape index (κ2) is 16.9. The summed E-state index contributed by atoms with van der Waals surface area (Å²) in [6.45, 7) is 1.99. The maximum absolute atomic E-state index is 11.5. The number of nitrogens with one attached hydrogen (secondary N) is 1. The zero-order valence-corrected chi connectivity index (χ0v) is 24.9. The molecule has 0 saturated carbocycles. The number of hydrogen-bond donors (Lipinski definition) is 1. The zero-order valence-electron chi connectivity index (χ0n) is 23.1. The normalized spacial score (nSPS) is 9.57. The first-order valence-corrected chi connectivity index (χ1v) is 12.9. The third-order valence-corrected chi connectivity index (χ3v) is 5.61. The molecule has 8 nitrogen and oxygen atoms in total. The molecule has 0 bridgehead atoms. The summed E-state index contributed by atoms with van der Waals surface area (Å²) in [6, 6.07) is 30.5. The van der Waals surface area contributed by atoms with Crippen LogP contribution in [-0.2, 0) is 19.5 Å². The van der Waals surface area contributed by atoms with Crippen LogP contribution in [0.3, 0.4) is 0 Å². The van der Waals surface area contributed by atoms with Crippen LogP contribution >= 0.6 is 0 Å². The van der Waals surface area contributed by atoms with Crippen LogP contribution in [0, 0.1) is 6.92 Å². The molecule has 1 amide bonds. The summed E-state index contributed by atoms with van der Waals surface area (Å²) in [4.78, 5) is 36.7. The Labute approximate surface area is 258 Å². The minimum Gasteiger partial charge on any atom is -0.355 e. The van der Waals surface area contributed by atoms with Gasteiger partial charge in [-0.2, -0.15) is 0 Å². The third-order valence-electron chi connectivity index (χ3n) is 5.61. The Balaban J connectivity index is 0.000000175. The average molecular weight is 641 g/mol. The molecule has 9 heteroatoms. The fourth-order valence-electron chi connectivity index (χ4n) is 3.59. The number of rotatable bonds is 4. The predicted octanol–water partition coefficient (Wildman–Crippen LogP) is 6.10. The molecule has 0 saturated heterocycles. The summed E-state index contributed by atoms with van der Waals surface area (Å²) in [5.74, 6) is -0.124. The third kappa shape index (κ3) is 9.57. The number of aromatic nitrogens is 6. The van der Waals surface area contributed by atoms with Gasteiger partial charge < -0.3 is 5.32 Å². The van der Waals surface area contributed by atoms with Gasteiger partial charge in [-0.05, 0) is 85.3 Å². The molecule has 0 unspecified atom stereocenters. The van der Waals surface area contributed by atoms with Crippen molar-refractivity contribution >= 4 is 5.91 Å². The second-order valence-corrected chi connectivity index (χ2v) is 8.59. The quantitative estimate of drug-likeness (QED) is 0.232. The van der Waals surface area contributed by atoms with E-state index < -0.39 is 0 Å². The molecule has 0 fully saturated rings. The van der Waals surface area contributed by atoms with Crippen LogP contribution < -0.4 is 5.32 Å². The van der Waals surface area contributed by atoms with E-state index in [-0.39, 0.29) is 25.4 Å². The Bertz CT molecular complexity index is 1490. The summed E-state index contributed by atoms with van der Waals surface area (Å²) in [5.41, 5.74) is 6.83. The summed E-state index contributed by atoms with van der Waals surface area (Å²) < 4.78 is 0. The molecule has 208 valence electrons. The molecule has 0 spiro atoms. The predicted molar refractivity (Wildman–Crippen MR) is 161 cm³/mol. The first-order chi connectivity index (χ1) is 20.1. The van der Waals surface area contributed by atoms with Crippen LogP contribution in [0.15, 0.2) is 134 Å². The van der Waals surface area contributed by atoms with E-state index in [0.29, 0.717) is 11.3 Å². The molecule has 0 aromatic carbocycles. The zero-order chi connectivity index (χ0) is 28.7. The van der Waals surface area contributed by atoms with Gasteiger partial charge in [0.2, 0.25) is 0 Å². The van der Waals surface area contributed by atoms with Crippen LogP contribution in [0.4, 0.5) is 0 Å². The summed E-state index contributed by atoms with van der Waals surface area (Å²) >= 11 is 0. The van der Waals surface area contributed by atoms with Gasteiger partial charge in [0.1, 0.15) is 0 Å². The van der Waals surface area contributed by atoms with Gasteiger partial charge in [0.25, 0.3) is 5.91 Å². The molecular formula is C33H29N7ORu+2. The second-order valence-electron chi connectivity index (χ2n) is 8.59. The molecular weight excluding hydrogens is 611 g/mol. The van der Waals surface area contributed by atoms with Gasteiger partial charge in [0, 0.05) is 49.8 Å². The largest absolute Gasteiger partial charge is 2.00 e. The van der Waals surface area contributed by atoms with Gasteiger partial charge in [0.15, 0.2) is 0 Å². The van der Waals surface area contributed by atoms with Crippen LogP contribution in [0.1, 0.15) is 15.9 Å². The number of nitrogens with zero attached hydrogens (tertiary/aromatic N) is 6. The Morgan fingerprint density at radius 3 is 1.24 bits per heavy atom. The molecule has 6 aromatic heterocycles. The molecule has 1 N–H and O–H groups in total. The van der Waals surface area contributed by atoms with Crippen molar-refractivity contribution in [1.82, 2.24) is 35.2 Å². The minimum absolute atomic E-state index is 0. The SMILES string of the molecule is CNC(=O)c1ccnc(-c2cc(C)ccn2)c1.[Ru+2].c1ccc(-c2ccccn2)nc1.c1ccc(-c2ccccn2)nc1. The van der Waals surface area contributed by atoms with Gasteiger partial charge in [0.05, 0.1) is 34.2 Å². The number of carbonyl (C=O) groups is 1. The summed E-state index contributed by atoms with van der Waals surface area (Å²) in [5, 5.41) is 2.58. The van der Waals surface area contributed by atoms with Crippen molar-refractivity contribution in [1.29, 1.82) is 0 Å². The average Bonchev–Trinajstić information content (AvgIpc) is 3.07. The minimum atomic E-state index is -0.124. The van der Waals surface area contributed by atoms with Crippen molar-refractivity contribution in [3.63, 3.8) is 0 Å². The van der Waals surface area contributed by atoms with Gasteiger partial charge in [-0.1, -0.05) is 24.3 Å². The molecule has 6 aromatic rings. The summed E-state index contributed by atoms with van der Waals surface area (Å²) in [6.07, 6.45) is 10.4. The van der Waals surface area contributed by atoms with E-state index in [1.165, 1.54) is 0 Å². The molecule has 0 atom stereocenters. The molecule has 6 heterocycles. The van der Waals surface area contributed by atoms with E-state index in [1.807, 2.05) is 91.9 Å². The maximum atomic E-state index is 11.5. The number of aryl methyl sites for hydroxylation is 1. The Kier molecular flexibility index (Phi) is 12.7. The van der Waals surface area contributed by atoms with Crippen molar-refractivity contribution in [2.45, 2.75) is 6.92 Å². The van der Waals surface area contributed by atoms with Crippen LogP contribution in [-0.4, -0.2) is 42.9 Å². The van der Waals surface area contributed by atoms with Crippen molar-refractivity contribution in [2.24, 2.45) is 0 Å². The molecule has 6 rings (SSSR count). The Morgan fingerprint density at radius 1 is 0.500 bits per heavy atom. The molecule has 0 aliphatic heterocycles. The smallest absolute Gasteiger partial charge is 0.355 e. The molecule has 0 aliphatic carbocycles. The van der Waals surface area contributed by atoms with E-state index in [4.69, 9.17) is 0 Å². The van der Waals surface area contributed by atoms with Crippen molar-refractivity contribution in [2.75, 3.05) is 7.05 Å². The molecule has 0 aliphatic rings. The monoisotopic (exact) mass is 641 g/mol. The number of hydrogen-bond acceptors (Lipinski definition) is 7. The first kappa shape index (κ1) is 31.5. The van der Waals surface area contributed by atoms with Crippen LogP contribution in [0.25, 0.3) is 34.2 Å². The number of carbonyl (C=O) groups excluding carboxylic acids is 1. The van der Waals surface area contributed by atoms with Crippen molar-refractivity contribution in [3.05, 3.63) is 145 Å². The number of amides is 1. The fraction of sp³-hybridized carbons (Fsp3) is 0.0606. The van der Waals surface area contributed by atoms with E-state index in [1.54, 1.807) is 56.4 Å². The Hall–Kier alpha value is -5.01. The summed E-state index contributed by atoms with van der Waals surface area (Å²) in [7, 11) is 1.60. The van der Waals surface area contributed by atoms with Crippen molar-refractivity contribution < 1.29 is 24.3 Å². The number of pyridine rings is 6. The van der Waals surface area contributed by atoms with Crippen LogP contribution in [0.2, 0.25) is 0 Å². The van der Waals surface area contributed by atoms with E-state index in [0.717, 1.165) is 34.0 Å². The Morgan fingerprint density at radius 2 is 0.881 bits per heavy atom. The van der Waals surface area contributed by atoms with Gasteiger partial charge in [-0.25, -0.2) is 0 Å². The first-order valence-electron chi connectivity index (χ1n) is 12.9. The fourth-order valence-corrected chi connectivity index (χ4v) is 3.59. The van der Waals surface area contributed by atoms with E-state index in [2.05, 4.69) is 35.2 Å².